The average molecular weight is 367 g/mol. The van der Waals surface area contributed by atoms with E-state index in [-0.39, 0.29) is 0 Å². The van der Waals surface area contributed by atoms with E-state index in [4.69, 9.17) is 16.6 Å². The second-order valence-electron chi connectivity index (χ2n) is 6.28. The van der Waals surface area contributed by atoms with Gasteiger partial charge in [0, 0.05) is 35.6 Å². The molecule has 0 unspecified atom stereocenters. The molecule has 0 radical (unpaired) electrons. The quantitative estimate of drug-likeness (QED) is 0.623. The van der Waals surface area contributed by atoms with Gasteiger partial charge in [0.25, 0.3) is 0 Å². The predicted octanol–water partition coefficient (Wildman–Crippen LogP) is 5.52. The second kappa shape index (κ2) is 8.19. The summed E-state index contributed by atoms with van der Waals surface area (Å²) in [4.78, 5) is 11.5. The molecule has 26 heavy (non-hydrogen) atoms. The highest BCUT2D eigenvalue weighted by Crippen LogP contribution is 2.25. The standard InChI is InChI=1S/C21H23ClN4/c1-4-26(14-17-8-6-5-7-9-17)21-23-16(3)12-20(25-21)24-19-13-18(22)11-10-15(19)2/h5-13H,4,14H2,1-3H3,(H,23,24,25). The molecule has 134 valence electrons. The average Bonchev–Trinajstić information content (AvgIpc) is 2.63. The van der Waals surface area contributed by atoms with Crippen molar-refractivity contribution in [3.05, 3.63) is 76.4 Å². The van der Waals surface area contributed by atoms with Crippen molar-refractivity contribution in [1.29, 1.82) is 0 Å². The number of hydrogen-bond donors (Lipinski definition) is 1. The van der Waals surface area contributed by atoms with E-state index in [9.17, 15) is 0 Å². The van der Waals surface area contributed by atoms with Gasteiger partial charge in [-0.15, -0.1) is 0 Å². The molecule has 0 fully saturated rings. The molecule has 4 nitrogen and oxygen atoms in total. The van der Waals surface area contributed by atoms with E-state index in [0.717, 1.165) is 41.8 Å². The van der Waals surface area contributed by atoms with Gasteiger partial charge in [0.15, 0.2) is 0 Å². The lowest BCUT2D eigenvalue weighted by atomic mass is 10.2. The van der Waals surface area contributed by atoms with Crippen LogP contribution in [0.15, 0.2) is 54.6 Å². The van der Waals surface area contributed by atoms with Crippen LogP contribution in [0.3, 0.4) is 0 Å². The van der Waals surface area contributed by atoms with Crippen molar-refractivity contribution in [3.63, 3.8) is 0 Å². The number of nitrogens with zero attached hydrogens (tertiary/aromatic N) is 3. The lowest BCUT2D eigenvalue weighted by molar-refractivity contribution is 0.788. The number of benzene rings is 2. The number of hydrogen-bond acceptors (Lipinski definition) is 4. The zero-order valence-corrected chi connectivity index (χ0v) is 16.1. The molecule has 1 aromatic heterocycles. The maximum Gasteiger partial charge on any atom is 0.227 e. The van der Waals surface area contributed by atoms with Crippen LogP contribution in [0.25, 0.3) is 0 Å². The van der Waals surface area contributed by atoms with E-state index in [1.54, 1.807) is 0 Å². The van der Waals surface area contributed by atoms with E-state index in [1.165, 1.54) is 5.56 Å². The second-order valence-corrected chi connectivity index (χ2v) is 6.72. The number of aryl methyl sites for hydroxylation is 2. The summed E-state index contributed by atoms with van der Waals surface area (Å²) in [7, 11) is 0. The van der Waals surface area contributed by atoms with Crippen molar-refractivity contribution < 1.29 is 0 Å². The summed E-state index contributed by atoms with van der Waals surface area (Å²) < 4.78 is 0. The molecule has 3 rings (SSSR count). The van der Waals surface area contributed by atoms with Crippen LogP contribution < -0.4 is 10.2 Å². The van der Waals surface area contributed by atoms with Gasteiger partial charge in [-0.05, 0) is 44.0 Å². The first-order valence-corrected chi connectivity index (χ1v) is 9.10. The van der Waals surface area contributed by atoms with Crippen LogP contribution in [-0.2, 0) is 6.54 Å². The third-order valence-electron chi connectivity index (χ3n) is 4.19. The zero-order valence-electron chi connectivity index (χ0n) is 15.3. The minimum absolute atomic E-state index is 0.698. The van der Waals surface area contributed by atoms with Crippen LogP contribution in [0.4, 0.5) is 17.5 Å². The molecule has 0 aliphatic carbocycles. The van der Waals surface area contributed by atoms with Crippen LogP contribution in [0.1, 0.15) is 23.7 Å². The molecule has 0 bridgehead atoms. The summed E-state index contributed by atoms with van der Waals surface area (Å²) in [6.07, 6.45) is 0. The smallest absolute Gasteiger partial charge is 0.227 e. The molecule has 0 amide bonds. The minimum atomic E-state index is 0.698. The molecule has 0 spiro atoms. The van der Waals surface area contributed by atoms with E-state index < -0.39 is 0 Å². The van der Waals surface area contributed by atoms with E-state index in [2.05, 4.69) is 46.4 Å². The van der Waals surface area contributed by atoms with Gasteiger partial charge < -0.3 is 10.2 Å². The molecule has 0 aliphatic heterocycles. The van der Waals surface area contributed by atoms with Gasteiger partial charge in [0.05, 0.1) is 0 Å². The third-order valence-corrected chi connectivity index (χ3v) is 4.42. The number of halogens is 1. The summed E-state index contributed by atoms with van der Waals surface area (Å²) in [5.74, 6) is 1.49. The molecule has 5 heteroatoms. The molecule has 0 atom stereocenters. The fourth-order valence-electron chi connectivity index (χ4n) is 2.75. The van der Waals surface area contributed by atoms with Crippen molar-refractivity contribution in [3.8, 4) is 0 Å². The first kappa shape index (κ1) is 18.2. The molecule has 1 N–H and O–H groups in total. The lowest BCUT2D eigenvalue weighted by Crippen LogP contribution is -2.24. The highest BCUT2D eigenvalue weighted by atomic mass is 35.5. The Morgan fingerprint density at radius 3 is 2.50 bits per heavy atom. The normalized spacial score (nSPS) is 10.6. The van der Waals surface area contributed by atoms with Gasteiger partial charge in [-0.2, -0.15) is 4.98 Å². The highest BCUT2D eigenvalue weighted by molar-refractivity contribution is 6.30. The minimum Gasteiger partial charge on any atom is -0.340 e. The lowest BCUT2D eigenvalue weighted by Gasteiger charge is -2.22. The van der Waals surface area contributed by atoms with Gasteiger partial charge in [-0.1, -0.05) is 48.0 Å². The monoisotopic (exact) mass is 366 g/mol. The number of aromatic nitrogens is 2. The van der Waals surface area contributed by atoms with Gasteiger partial charge in [0.2, 0.25) is 5.95 Å². The van der Waals surface area contributed by atoms with Crippen molar-refractivity contribution >= 4 is 29.1 Å². The maximum absolute atomic E-state index is 6.13. The van der Waals surface area contributed by atoms with Crippen molar-refractivity contribution in [2.24, 2.45) is 0 Å². The topological polar surface area (TPSA) is 41.1 Å². The Morgan fingerprint density at radius 1 is 1.00 bits per heavy atom. The summed E-state index contributed by atoms with van der Waals surface area (Å²) in [6, 6.07) is 18.1. The fraction of sp³-hybridized carbons (Fsp3) is 0.238. The summed E-state index contributed by atoms with van der Waals surface area (Å²) in [6.45, 7) is 7.74. The SMILES string of the molecule is CCN(Cc1ccccc1)c1nc(C)cc(Nc2cc(Cl)ccc2C)n1. The van der Waals surface area contributed by atoms with Crippen LogP contribution in [-0.4, -0.2) is 16.5 Å². The third kappa shape index (κ3) is 4.52. The van der Waals surface area contributed by atoms with Crippen LogP contribution in [0.5, 0.6) is 0 Å². The molecular formula is C21H23ClN4. The van der Waals surface area contributed by atoms with E-state index in [0.29, 0.717) is 5.02 Å². The van der Waals surface area contributed by atoms with E-state index >= 15 is 0 Å². The number of anilines is 3. The molecular weight excluding hydrogens is 344 g/mol. The van der Waals surface area contributed by atoms with Crippen molar-refractivity contribution in [1.82, 2.24) is 9.97 Å². The molecule has 0 saturated carbocycles. The van der Waals surface area contributed by atoms with Crippen LogP contribution in [0, 0.1) is 13.8 Å². The Kier molecular flexibility index (Phi) is 5.74. The number of rotatable bonds is 6. The van der Waals surface area contributed by atoms with Gasteiger partial charge >= 0.3 is 0 Å². The van der Waals surface area contributed by atoms with Gasteiger partial charge in [-0.25, -0.2) is 4.98 Å². The maximum atomic E-state index is 6.13. The van der Waals surface area contributed by atoms with Crippen LogP contribution in [0.2, 0.25) is 5.02 Å². The molecule has 3 aromatic rings. The van der Waals surface area contributed by atoms with E-state index in [1.807, 2.05) is 44.2 Å². The summed E-state index contributed by atoms with van der Waals surface area (Å²) in [5, 5.41) is 4.07. The highest BCUT2D eigenvalue weighted by Gasteiger charge is 2.11. The Labute approximate surface area is 159 Å². The predicted molar refractivity (Wildman–Crippen MR) is 109 cm³/mol. The molecule has 1 heterocycles. The Bertz CT molecular complexity index is 880. The Balaban J connectivity index is 1.87. The van der Waals surface area contributed by atoms with Crippen molar-refractivity contribution in [2.45, 2.75) is 27.3 Å². The van der Waals surface area contributed by atoms with Crippen LogP contribution >= 0.6 is 11.6 Å². The zero-order chi connectivity index (χ0) is 18.5. The first-order chi connectivity index (χ1) is 12.5. The summed E-state index contributed by atoms with van der Waals surface area (Å²) in [5.41, 5.74) is 4.22. The summed E-state index contributed by atoms with van der Waals surface area (Å²) >= 11 is 6.13. The number of nitrogens with one attached hydrogen (secondary N) is 1. The van der Waals surface area contributed by atoms with Crippen molar-refractivity contribution in [2.75, 3.05) is 16.8 Å². The Hall–Kier alpha value is -2.59. The molecule has 0 aliphatic rings. The Morgan fingerprint density at radius 2 is 1.77 bits per heavy atom. The molecule has 0 saturated heterocycles. The van der Waals surface area contributed by atoms with Gasteiger partial charge in [0.1, 0.15) is 5.82 Å². The first-order valence-electron chi connectivity index (χ1n) is 8.73. The van der Waals surface area contributed by atoms with Gasteiger partial charge in [-0.3, -0.25) is 0 Å². The fourth-order valence-corrected chi connectivity index (χ4v) is 2.93. The molecule has 2 aromatic carbocycles. The largest absolute Gasteiger partial charge is 0.340 e.